The molecule has 1 aliphatic rings. The number of piperidine rings is 1. The van der Waals surface area contributed by atoms with Crippen molar-refractivity contribution in [1.29, 1.82) is 0 Å². The molecule has 1 aromatic carbocycles. The van der Waals surface area contributed by atoms with E-state index in [0.29, 0.717) is 18.8 Å². The number of amides is 1. The van der Waals surface area contributed by atoms with Gasteiger partial charge in [-0.25, -0.2) is 4.79 Å². The van der Waals surface area contributed by atoms with Crippen LogP contribution in [0.2, 0.25) is 0 Å². The second kappa shape index (κ2) is 7.45. The molecule has 0 aromatic heterocycles. The maximum absolute atomic E-state index is 12.1. The quantitative estimate of drug-likeness (QED) is 0.456. The van der Waals surface area contributed by atoms with Crippen LogP contribution >= 0.6 is 0 Å². The molecule has 1 amide bonds. The zero-order valence-electron chi connectivity index (χ0n) is 14.7. The molecule has 0 spiro atoms. The van der Waals surface area contributed by atoms with Gasteiger partial charge in [-0.2, -0.15) is 0 Å². The number of hydrogen-bond donors (Lipinski definition) is 0. The van der Waals surface area contributed by atoms with Gasteiger partial charge in [-0.3, -0.25) is 0 Å². The van der Waals surface area contributed by atoms with Crippen LogP contribution in [0.3, 0.4) is 0 Å². The lowest BCUT2D eigenvalue weighted by molar-refractivity contribution is 0.0126. The minimum atomic E-state index is -0.477. The van der Waals surface area contributed by atoms with Gasteiger partial charge >= 0.3 is 6.09 Å². The van der Waals surface area contributed by atoms with Gasteiger partial charge in [0.2, 0.25) is 0 Å². The summed E-state index contributed by atoms with van der Waals surface area (Å²) < 4.78 is 11.4. The molecule has 1 aromatic rings. The van der Waals surface area contributed by atoms with Gasteiger partial charge in [-0.1, -0.05) is 5.11 Å². The van der Waals surface area contributed by atoms with Crippen molar-refractivity contribution in [2.75, 3.05) is 13.1 Å². The van der Waals surface area contributed by atoms with Gasteiger partial charge in [0, 0.05) is 36.5 Å². The van der Waals surface area contributed by atoms with E-state index in [2.05, 4.69) is 10.0 Å². The van der Waals surface area contributed by atoms with Gasteiger partial charge in [0.15, 0.2) is 0 Å². The fourth-order valence-corrected chi connectivity index (χ4v) is 2.54. The maximum Gasteiger partial charge on any atom is 0.410 e. The van der Waals surface area contributed by atoms with Crippen molar-refractivity contribution in [2.45, 2.75) is 52.2 Å². The minimum Gasteiger partial charge on any atom is -0.490 e. The highest BCUT2D eigenvalue weighted by molar-refractivity contribution is 5.68. The molecule has 1 aliphatic heterocycles. The van der Waals surface area contributed by atoms with Crippen molar-refractivity contribution < 1.29 is 14.3 Å². The Balaban J connectivity index is 1.89. The Morgan fingerprint density at radius 1 is 1.33 bits per heavy atom. The standard InChI is InChI=1S/C17H24N4O3/c1-12-11-13(19-20-18)5-6-15(12)23-14-7-9-21(10-8-14)16(22)24-17(2,3)4/h5-6,11,14H,7-10H2,1-4H3. The summed E-state index contributed by atoms with van der Waals surface area (Å²) in [5, 5.41) is 3.58. The van der Waals surface area contributed by atoms with Crippen molar-refractivity contribution in [3.8, 4) is 5.75 Å². The molecule has 130 valence electrons. The second-order valence-electron chi connectivity index (χ2n) is 6.92. The summed E-state index contributed by atoms with van der Waals surface area (Å²) in [6, 6.07) is 5.35. The molecule has 7 nitrogen and oxygen atoms in total. The molecular weight excluding hydrogens is 308 g/mol. The SMILES string of the molecule is Cc1cc(N=[N+]=[N-])ccc1OC1CCN(C(=O)OC(C)(C)C)CC1. The molecule has 0 atom stereocenters. The molecule has 0 bridgehead atoms. The number of likely N-dealkylation sites (tertiary alicyclic amines) is 1. The maximum atomic E-state index is 12.1. The summed E-state index contributed by atoms with van der Waals surface area (Å²) in [6.45, 7) is 8.75. The first-order valence-corrected chi connectivity index (χ1v) is 8.09. The normalized spacial score (nSPS) is 15.6. The van der Waals surface area contributed by atoms with Crippen molar-refractivity contribution in [2.24, 2.45) is 5.11 Å². The number of hydrogen-bond acceptors (Lipinski definition) is 4. The Morgan fingerprint density at radius 2 is 2.00 bits per heavy atom. The Bertz CT molecular complexity index is 640. The Labute approximate surface area is 142 Å². The molecule has 1 heterocycles. The Morgan fingerprint density at radius 3 is 2.54 bits per heavy atom. The third-order valence-electron chi connectivity index (χ3n) is 3.71. The molecule has 0 N–H and O–H groups in total. The van der Waals surface area contributed by atoms with Crippen LogP contribution in [0.4, 0.5) is 10.5 Å². The van der Waals surface area contributed by atoms with E-state index in [1.54, 1.807) is 17.0 Å². The Kier molecular flexibility index (Phi) is 5.57. The van der Waals surface area contributed by atoms with Crippen LogP contribution in [0.1, 0.15) is 39.2 Å². The number of aryl methyl sites for hydroxylation is 1. The van der Waals surface area contributed by atoms with Gasteiger partial charge in [0.25, 0.3) is 0 Å². The van der Waals surface area contributed by atoms with E-state index in [4.69, 9.17) is 15.0 Å². The first-order chi connectivity index (χ1) is 11.3. The van der Waals surface area contributed by atoms with Crippen LogP contribution in [-0.4, -0.2) is 35.8 Å². The largest absolute Gasteiger partial charge is 0.490 e. The number of benzene rings is 1. The van der Waals surface area contributed by atoms with E-state index < -0.39 is 5.60 Å². The predicted molar refractivity (Wildman–Crippen MR) is 91.4 cm³/mol. The van der Waals surface area contributed by atoms with Gasteiger partial charge in [-0.05, 0) is 57.0 Å². The number of carbonyl (C=O) groups is 1. The zero-order chi connectivity index (χ0) is 17.7. The van der Waals surface area contributed by atoms with Crippen LogP contribution in [0.15, 0.2) is 23.3 Å². The number of ether oxygens (including phenoxy) is 2. The molecule has 24 heavy (non-hydrogen) atoms. The van der Waals surface area contributed by atoms with Crippen molar-refractivity contribution in [1.82, 2.24) is 4.90 Å². The molecule has 1 fully saturated rings. The molecule has 1 saturated heterocycles. The second-order valence-corrected chi connectivity index (χ2v) is 6.92. The van der Waals surface area contributed by atoms with Crippen LogP contribution in [0, 0.1) is 6.92 Å². The van der Waals surface area contributed by atoms with E-state index >= 15 is 0 Å². The Hall–Kier alpha value is -2.40. The molecule has 0 unspecified atom stereocenters. The van der Waals surface area contributed by atoms with Crippen molar-refractivity contribution in [3.63, 3.8) is 0 Å². The predicted octanol–water partition coefficient (Wildman–Crippen LogP) is 4.72. The molecular formula is C17H24N4O3. The highest BCUT2D eigenvalue weighted by Crippen LogP contribution is 2.27. The van der Waals surface area contributed by atoms with E-state index in [0.717, 1.165) is 24.2 Å². The van der Waals surface area contributed by atoms with Crippen LogP contribution in [-0.2, 0) is 4.74 Å². The van der Waals surface area contributed by atoms with Gasteiger partial charge in [0.05, 0.1) is 0 Å². The molecule has 0 radical (unpaired) electrons. The average Bonchev–Trinajstić information content (AvgIpc) is 2.49. The highest BCUT2D eigenvalue weighted by atomic mass is 16.6. The summed E-state index contributed by atoms with van der Waals surface area (Å²) >= 11 is 0. The molecule has 0 aliphatic carbocycles. The van der Waals surface area contributed by atoms with Crippen molar-refractivity contribution >= 4 is 11.8 Å². The van der Waals surface area contributed by atoms with Gasteiger partial charge < -0.3 is 14.4 Å². The van der Waals surface area contributed by atoms with E-state index in [-0.39, 0.29) is 12.2 Å². The third-order valence-corrected chi connectivity index (χ3v) is 3.71. The zero-order valence-corrected chi connectivity index (χ0v) is 14.7. The lowest BCUT2D eigenvalue weighted by Crippen LogP contribution is -2.44. The smallest absolute Gasteiger partial charge is 0.410 e. The van der Waals surface area contributed by atoms with Crippen LogP contribution in [0.5, 0.6) is 5.75 Å². The van der Waals surface area contributed by atoms with Crippen LogP contribution in [0.25, 0.3) is 10.4 Å². The number of azide groups is 1. The fourth-order valence-electron chi connectivity index (χ4n) is 2.54. The van der Waals surface area contributed by atoms with Gasteiger partial charge in [0.1, 0.15) is 17.5 Å². The lowest BCUT2D eigenvalue weighted by atomic mass is 10.1. The first-order valence-electron chi connectivity index (χ1n) is 8.09. The highest BCUT2D eigenvalue weighted by Gasteiger charge is 2.27. The third kappa shape index (κ3) is 5.06. The average molecular weight is 332 g/mol. The summed E-state index contributed by atoms with van der Waals surface area (Å²) in [5.41, 5.74) is 9.49. The molecule has 2 rings (SSSR count). The summed E-state index contributed by atoms with van der Waals surface area (Å²) in [4.78, 5) is 16.6. The molecule has 0 saturated carbocycles. The minimum absolute atomic E-state index is 0.0627. The van der Waals surface area contributed by atoms with Crippen molar-refractivity contribution in [3.05, 3.63) is 34.2 Å². The summed E-state index contributed by atoms with van der Waals surface area (Å²) in [7, 11) is 0. The number of rotatable bonds is 3. The topological polar surface area (TPSA) is 87.5 Å². The summed E-state index contributed by atoms with van der Waals surface area (Å²) in [5.74, 6) is 0.780. The fraction of sp³-hybridized carbons (Fsp3) is 0.588. The summed E-state index contributed by atoms with van der Waals surface area (Å²) in [6.07, 6.45) is 1.32. The first kappa shape index (κ1) is 17.9. The van der Waals surface area contributed by atoms with E-state index in [9.17, 15) is 4.79 Å². The number of carbonyl (C=O) groups excluding carboxylic acids is 1. The number of nitrogens with zero attached hydrogens (tertiary/aromatic N) is 4. The molecule has 7 heteroatoms. The van der Waals surface area contributed by atoms with Crippen LogP contribution < -0.4 is 4.74 Å². The lowest BCUT2D eigenvalue weighted by Gasteiger charge is -2.33. The van der Waals surface area contributed by atoms with E-state index in [1.807, 2.05) is 33.8 Å². The van der Waals surface area contributed by atoms with Gasteiger partial charge in [-0.15, -0.1) is 0 Å². The van der Waals surface area contributed by atoms with E-state index in [1.165, 1.54) is 0 Å². The monoisotopic (exact) mass is 332 g/mol.